The zero-order chi connectivity index (χ0) is 11.8. The maximum atomic E-state index is 6.10. The second-order valence-electron chi connectivity index (χ2n) is 4.26. The Morgan fingerprint density at radius 2 is 1.65 bits per heavy atom. The quantitative estimate of drug-likeness (QED) is 0.551. The Morgan fingerprint density at radius 1 is 0.941 bits per heavy atom. The van der Waals surface area contributed by atoms with Crippen LogP contribution in [0.15, 0.2) is 48.5 Å². The van der Waals surface area contributed by atoms with Gasteiger partial charge >= 0.3 is 0 Å². The van der Waals surface area contributed by atoms with E-state index in [2.05, 4.69) is 49.4 Å². The lowest BCUT2D eigenvalue weighted by atomic mass is 10.0. The van der Waals surface area contributed by atoms with E-state index in [4.69, 9.17) is 11.6 Å². The molecule has 1 heteroatoms. The van der Waals surface area contributed by atoms with Crippen LogP contribution in [0.1, 0.15) is 24.5 Å². The van der Waals surface area contributed by atoms with Crippen LogP contribution in [-0.4, -0.2) is 0 Å². The smallest absolute Gasteiger partial charge is 0.0412 e. The summed E-state index contributed by atoms with van der Waals surface area (Å²) in [5.74, 6) is 0. The topological polar surface area (TPSA) is 0 Å². The van der Waals surface area contributed by atoms with Crippen LogP contribution in [0.25, 0.3) is 16.7 Å². The molecular weight excluding hydrogens is 228 g/mol. The van der Waals surface area contributed by atoms with Crippen LogP contribution in [0.3, 0.4) is 0 Å². The van der Waals surface area contributed by atoms with Crippen LogP contribution in [-0.2, 0) is 0 Å². The summed E-state index contributed by atoms with van der Waals surface area (Å²) in [6.07, 6.45) is 3.34. The Kier molecular flexibility index (Phi) is 2.53. The molecule has 0 amide bonds. The average molecular weight is 241 g/mol. The second-order valence-corrected chi connectivity index (χ2v) is 4.70. The summed E-state index contributed by atoms with van der Waals surface area (Å²) < 4.78 is 0. The van der Waals surface area contributed by atoms with Crippen molar-refractivity contribution in [1.82, 2.24) is 0 Å². The minimum absolute atomic E-state index is 0.802. The van der Waals surface area contributed by atoms with Gasteiger partial charge in [-0.15, -0.1) is 0 Å². The van der Waals surface area contributed by atoms with Gasteiger partial charge < -0.3 is 0 Å². The molecule has 2 aromatic carbocycles. The SMILES string of the molecule is CC/C=C1\c2ccccc2-c2cc(Cl)ccc21. The first-order chi connectivity index (χ1) is 8.31. The first kappa shape index (κ1) is 10.6. The zero-order valence-electron chi connectivity index (χ0n) is 9.70. The Morgan fingerprint density at radius 3 is 2.41 bits per heavy atom. The van der Waals surface area contributed by atoms with E-state index in [0.717, 1.165) is 11.4 Å². The van der Waals surface area contributed by atoms with Gasteiger partial charge in [-0.2, -0.15) is 0 Å². The lowest BCUT2D eigenvalue weighted by Gasteiger charge is -2.01. The number of rotatable bonds is 1. The lowest BCUT2D eigenvalue weighted by molar-refractivity contribution is 1.23. The van der Waals surface area contributed by atoms with Gasteiger partial charge in [0.2, 0.25) is 0 Å². The summed E-state index contributed by atoms with van der Waals surface area (Å²) in [5, 5.41) is 0.802. The van der Waals surface area contributed by atoms with Crippen molar-refractivity contribution in [2.75, 3.05) is 0 Å². The van der Waals surface area contributed by atoms with Gasteiger partial charge in [-0.05, 0) is 46.4 Å². The van der Waals surface area contributed by atoms with E-state index in [1.165, 1.54) is 27.8 Å². The van der Waals surface area contributed by atoms with Crippen molar-refractivity contribution >= 4 is 17.2 Å². The number of benzene rings is 2. The molecule has 0 N–H and O–H groups in total. The highest BCUT2D eigenvalue weighted by Gasteiger charge is 2.22. The fourth-order valence-corrected chi connectivity index (χ4v) is 2.67. The summed E-state index contributed by atoms with van der Waals surface area (Å²) in [4.78, 5) is 0. The highest BCUT2D eigenvalue weighted by atomic mass is 35.5. The van der Waals surface area contributed by atoms with E-state index in [9.17, 15) is 0 Å². The Hall–Kier alpha value is -1.53. The molecule has 1 aliphatic rings. The van der Waals surface area contributed by atoms with Gasteiger partial charge in [-0.3, -0.25) is 0 Å². The minimum atomic E-state index is 0.802. The fourth-order valence-electron chi connectivity index (χ4n) is 2.50. The van der Waals surface area contributed by atoms with E-state index in [1.54, 1.807) is 0 Å². The van der Waals surface area contributed by atoms with Crippen molar-refractivity contribution in [1.29, 1.82) is 0 Å². The number of halogens is 1. The summed E-state index contributed by atoms with van der Waals surface area (Å²) in [7, 11) is 0. The minimum Gasteiger partial charge on any atom is -0.0843 e. The van der Waals surface area contributed by atoms with Crippen molar-refractivity contribution in [3.63, 3.8) is 0 Å². The standard InChI is InChI=1S/C16H13Cl/c1-2-5-12-13-6-3-4-7-14(13)16-10-11(17)8-9-15(12)16/h3-10H,2H2,1H3/b12-5+. The number of hydrogen-bond donors (Lipinski definition) is 0. The molecule has 0 fully saturated rings. The zero-order valence-corrected chi connectivity index (χ0v) is 10.5. The van der Waals surface area contributed by atoms with Gasteiger partial charge in [-0.1, -0.05) is 54.9 Å². The highest BCUT2D eigenvalue weighted by Crippen LogP contribution is 2.44. The second kappa shape index (κ2) is 4.05. The summed E-state index contributed by atoms with van der Waals surface area (Å²) in [6, 6.07) is 14.7. The van der Waals surface area contributed by atoms with E-state index in [1.807, 2.05) is 6.07 Å². The molecule has 17 heavy (non-hydrogen) atoms. The molecular formula is C16H13Cl. The van der Waals surface area contributed by atoms with Crippen LogP contribution in [0, 0.1) is 0 Å². The largest absolute Gasteiger partial charge is 0.0843 e. The molecule has 0 nitrogen and oxygen atoms in total. The van der Waals surface area contributed by atoms with Gasteiger partial charge in [-0.25, -0.2) is 0 Å². The van der Waals surface area contributed by atoms with Crippen LogP contribution >= 0.6 is 11.6 Å². The molecule has 0 bridgehead atoms. The molecule has 0 heterocycles. The van der Waals surface area contributed by atoms with Crippen molar-refractivity contribution in [2.24, 2.45) is 0 Å². The molecule has 1 aliphatic carbocycles. The lowest BCUT2D eigenvalue weighted by Crippen LogP contribution is -1.80. The predicted octanol–water partition coefficient (Wildman–Crippen LogP) is 5.16. The van der Waals surface area contributed by atoms with Crippen molar-refractivity contribution < 1.29 is 0 Å². The van der Waals surface area contributed by atoms with Crippen LogP contribution < -0.4 is 0 Å². The maximum Gasteiger partial charge on any atom is 0.0412 e. The molecule has 0 aromatic heterocycles. The molecule has 0 radical (unpaired) electrons. The van der Waals surface area contributed by atoms with Gasteiger partial charge in [0.1, 0.15) is 0 Å². The van der Waals surface area contributed by atoms with Gasteiger partial charge in [0.25, 0.3) is 0 Å². The van der Waals surface area contributed by atoms with Gasteiger partial charge in [0.05, 0.1) is 0 Å². The fraction of sp³-hybridized carbons (Fsp3) is 0.125. The third-order valence-electron chi connectivity index (χ3n) is 3.19. The number of allylic oxidation sites excluding steroid dienone is 1. The molecule has 0 saturated carbocycles. The van der Waals surface area contributed by atoms with Crippen molar-refractivity contribution in [3.8, 4) is 11.1 Å². The Balaban J connectivity index is 2.34. The average Bonchev–Trinajstić information content (AvgIpc) is 2.65. The van der Waals surface area contributed by atoms with Crippen LogP contribution in [0.2, 0.25) is 5.02 Å². The summed E-state index contributed by atoms with van der Waals surface area (Å²) in [5.41, 5.74) is 6.52. The third kappa shape index (κ3) is 1.60. The third-order valence-corrected chi connectivity index (χ3v) is 3.42. The Bertz CT molecular complexity index is 609. The molecule has 84 valence electrons. The van der Waals surface area contributed by atoms with E-state index >= 15 is 0 Å². The first-order valence-electron chi connectivity index (χ1n) is 5.91. The van der Waals surface area contributed by atoms with Crippen molar-refractivity contribution in [3.05, 3.63) is 64.7 Å². The monoisotopic (exact) mass is 240 g/mol. The number of hydrogen-bond acceptors (Lipinski definition) is 0. The van der Waals surface area contributed by atoms with E-state index in [-0.39, 0.29) is 0 Å². The number of fused-ring (bicyclic) bond motifs is 3. The molecule has 0 unspecified atom stereocenters. The molecule has 0 aliphatic heterocycles. The molecule has 0 atom stereocenters. The molecule has 3 rings (SSSR count). The van der Waals surface area contributed by atoms with Crippen LogP contribution in [0.5, 0.6) is 0 Å². The van der Waals surface area contributed by atoms with Crippen LogP contribution in [0.4, 0.5) is 0 Å². The van der Waals surface area contributed by atoms with E-state index < -0.39 is 0 Å². The van der Waals surface area contributed by atoms with Gasteiger partial charge in [0, 0.05) is 5.02 Å². The van der Waals surface area contributed by atoms with E-state index in [0.29, 0.717) is 0 Å². The summed E-state index contributed by atoms with van der Waals surface area (Å²) >= 11 is 6.10. The molecule has 2 aromatic rings. The summed E-state index contributed by atoms with van der Waals surface area (Å²) in [6.45, 7) is 2.17. The maximum absolute atomic E-state index is 6.10. The molecule has 0 spiro atoms. The normalized spacial score (nSPS) is 14.8. The van der Waals surface area contributed by atoms with Gasteiger partial charge in [0.15, 0.2) is 0 Å². The predicted molar refractivity (Wildman–Crippen MR) is 74.3 cm³/mol. The molecule has 0 saturated heterocycles. The highest BCUT2D eigenvalue weighted by molar-refractivity contribution is 6.31. The first-order valence-corrected chi connectivity index (χ1v) is 6.29. The Labute approximate surface area is 107 Å². The van der Waals surface area contributed by atoms with Crippen molar-refractivity contribution in [2.45, 2.75) is 13.3 Å².